The van der Waals surface area contributed by atoms with Crippen molar-refractivity contribution >= 4 is 11.3 Å². The molecule has 7 heteroatoms. The van der Waals surface area contributed by atoms with Gasteiger partial charge in [0, 0.05) is 12.7 Å². The van der Waals surface area contributed by atoms with Crippen molar-refractivity contribution in [3.8, 4) is 16.2 Å². The minimum atomic E-state index is -4.40. The van der Waals surface area contributed by atoms with Gasteiger partial charge in [-0.25, -0.2) is 4.98 Å². The number of methoxy groups -OCH3 is 1. The molecular formula is C13H13F3N2OS. The topological polar surface area (TPSA) is 34.1 Å². The lowest BCUT2D eigenvalue weighted by Crippen LogP contribution is -2.06. The van der Waals surface area contributed by atoms with Crippen molar-refractivity contribution in [3.05, 3.63) is 35.0 Å². The number of ether oxygens (including phenoxy) is 1. The van der Waals surface area contributed by atoms with Gasteiger partial charge in [-0.05, 0) is 36.4 Å². The van der Waals surface area contributed by atoms with E-state index in [2.05, 4.69) is 10.3 Å². The summed E-state index contributed by atoms with van der Waals surface area (Å²) in [6.07, 6.45) is -3.15. The van der Waals surface area contributed by atoms with Crippen LogP contribution in [-0.2, 0) is 12.7 Å². The van der Waals surface area contributed by atoms with Crippen LogP contribution in [-0.4, -0.2) is 19.1 Å². The fourth-order valence-electron chi connectivity index (χ4n) is 1.80. The number of halogens is 3. The average molecular weight is 302 g/mol. The van der Waals surface area contributed by atoms with E-state index in [1.54, 1.807) is 32.4 Å². The summed E-state index contributed by atoms with van der Waals surface area (Å²) in [7, 11) is 3.32. The Labute approximate surface area is 118 Å². The molecule has 0 aliphatic heterocycles. The normalized spacial score (nSPS) is 11.7. The fourth-order valence-corrected chi connectivity index (χ4v) is 2.65. The van der Waals surface area contributed by atoms with Crippen LogP contribution in [0.25, 0.3) is 10.4 Å². The molecule has 2 rings (SSSR count). The number of nitrogens with one attached hydrogen (secondary N) is 1. The first-order valence-electron chi connectivity index (χ1n) is 5.80. The highest BCUT2D eigenvalue weighted by molar-refractivity contribution is 7.15. The largest absolute Gasteiger partial charge is 0.497 e. The van der Waals surface area contributed by atoms with Crippen LogP contribution in [0.3, 0.4) is 0 Å². The Bertz CT molecular complexity index is 596. The molecule has 3 nitrogen and oxygen atoms in total. The Morgan fingerprint density at radius 2 is 2.10 bits per heavy atom. The minimum Gasteiger partial charge on any atom is -0.497 e. The maximum Gasteiger partial charge on any atom is 0.443 e. The summed E-state index contributed by atoms with van der Waals surface area (Å²) < 4.78 is 42.9. The van der Waals surface area contributed by atoms with Gasteiger partial charge >= 0.3 is 6.18 Å². The molecule has 0 aliphatic rings. The molecule has 1 heterocycles. The van der Waals surface area contributed by atoms with Gasteiger partial charge in [-0.1, -0.05) is 0 Å². The highest BCUT2D eigenvalue weighted by atomic mass is 32.1. The third kappa shape index (κ3) is 3.10. The summed E-state index contributed by atoms with van der Waals surface area (Å²) in [5.74, 6) is 0.666. The van der Waals surface area contributed by atoms with E-state index in [9.17, 15) is 13.2 Å². The van der Waals surface area contributed by atoms with E-state index < -0.39 is 11.2 Å². The van der Waals surface area contributed by atoms with Gasteiger partial charge in [0.05, 0.1) is 12.0 Å². The maximum absolute atomic E-state index is 12.6. The number of thiazole rings is 1. The summed E-state index contributed by atoms with van der Waals surface area (Å²) in [6.45, 7) is 0.534. The van der Waals surface area contributed by atoms with Crippen LogP contribution >= 0.6 is 11.3 Å². The second-order valence-corrected chi connectivity index (χ2v) is 5.11. The molecule has 0 aliphatic carbocycles. The molecule has 0 amide bonds. The number of hydrogen-bond donors (Lipinski definition) is 1. The first-order chi connectivity index (χ1) is 9.45. The van der Waals surface area contributed by atoms with Gasteiger partial charge in [-0.3, -0.25) is 0 Å². The third-order valence-corrected chi connectivity index (χ3v) is 3.77. The summed E-state index contributed by atoms with van der Waals surface area (Å²) in [5, 5.41) is 2.15. The van der Waals surface area contributed by atoms with E-state index in [4.69, 9.17) is 4.74 Å². The molecule has 108 valence electrons. The fraction of sp³-hybridized carbons (Fsp3) is 0.308. The predicted molar refractivity (Wildman–Crippen MR) is 71.9 cm³/mol. The zero-order chi connectivity index (χ0) is 14.8. The zero-order valence-electron chi connectivity index (χ0n) is 10.9. The number of aromatic nitrogens is 1. The lowest BCUT2D eigenvalue weighted by atomic mass is 10.1. The number of rotatable bonds is 4. The number of alkyl halides is 3. The monoisotopic (exact) mass is 302 g/mol. The summed E-state index contributed by atoms with van der Waals surface area (Å²) in [6, 6.07) is 5.28. The molecule has 1 N–H and O–H groups in total. The van der Waals surface area contributed by atoms with Crippen LogP contribution in [0.1, 0.15) is 10.6 Å². The van der Waals surface area contributed by atoms with Gasteiger partial charge in [0.1, 0.15) is 5.75 Å². The van der Waals surface area contributed by atoms with Crippen LogP contribution in [0, 0.1) is 0 Å². The highest BCUT2D eigenvalue weighted by Gasteiger charge is 2.34. The van der Waals surface area contributed by atoms with Gasteiger partial charge in [0.2, 0.25) is 0 Å². The highest BCUT2D eigenvalue weighted by Crippen LogP contribution is 2.38. The Kier molecular flexibility index (Phi) is 4.29. The molecule has 1 aromatic carbocycles. The molecule has 0 atom stereocenters. The lowest BCUT2D eigenvalue weighted by Gasteiger charge is -2.09. The van der Waals surface area contributed by atoms with Crippen molar-refractivity contribution in [3.63, 3.8) is 0 Å². The van der Waals surface area contributed by atoms with E-state index in [1.807, 2.05) is 0 Å². The second kappa shape index (κ2) is 5.80. The van der Waals surface area contributed by atoms with Crippen molar-refractivity contribution in [1.29, 1.82) is 0 Å². The van der Waals surface area contributed by atoms with E-state index in [0.717, 1.165) is 11.1 Å². The van der Waals surface area contributed by atoms with Crippen LogP contribution in [0.15, 0.2) is 24.4 Å². The quantitative estimate of drug-likeness (QED) is 0.937. The van der Waals surface area contributed by atoms with E-state index >= 15 is 0 Å². The smallest absolute Gasteiger partial charge is 0.443 e. The minimum absolute atomic E-state index is 0.491. The van der Waals surface area contributed by atoms with E-state index in [1.165, 1.54) is 6.20 Å². The van der Waals surface area contributed by atoms with E-state index in [0.29, 0.717) is 28.5 Å². The third-order valence-electron chi connectivity index (χ3n) is 2.69. The SMILES string of the molecule is CNCc1cc(OC)ccc1-c1cnc(C(F)(F)F)s1. The van der Waals surface area contributed by atoms with Gasteiger partial charge < -0.3 is 10.1 Å². The van der Waals surface area contributed by atoms with Gasteiger partial charge in [0.25, 0.3) is 0 Å². The Balaban J connectivity index is 2.43. The molecule has 1 aromatic heterocycles. The van der Waals surface area contributed by atoms with Crippen LogP contribution in [0.5, 0.6) is 5.75 Å². The van der Waals surface area contributed by atoms with Crippen molar-refractivity contribution in [2.24, 2.45) is 0 Å². The number of benzene rings is 1. The molecule has 0 spiro atoms. The second-order valence-electron chi connectivity index (χ2n) is 4.08. The summed E-state index contributed by atoms with van der Waals surface area (Å²) in [5.41, 5.74) is 1.59. The molecule has 0 bridgehead atoms. The molecule has 20 heavy (non-hydrogen) atoms. The van der Waals surface area contributed by atoms with Crippen LogP contribution < -0.4 is 10.1 Å². The average Bonchev–Trinajstić information content (AvgIpc) is 2.88. The summed E-state index contributed by atoms with van der Waals surface area (Å²) in [4.78, 5) is 3.94. The Hall–Kier alpha value is -1.60. The van der Waals surface area contributed by atoms with Crippen molar-refractivity contribution in [2.45, 2.75) is 12.7 Å². The molecule has 0 saturated heterocycles. The van der Waals surface area contributed by atoms with Gasteiger partial charge in [-0.15, -0.1) is 11.3 Å². The lowest BCUT2D eigenvalue weighted by molar-refractivity contribution is -0.137. The van der Waals surface area contributed by atoms with Gasteiger partial charge in [-0.2, -0.15) is 13.2 Å². The number of hydrogen-bond acceptors (Lipinski definition) is 4. The zero-order valence-corrected chi connectivity index (χ0v) is 11.7. The molecule has 0 radical (unpaired) electrons. The first kappa shape index (κ1) is 14.8. The number of nitrogens with zero attached hydrogens (tertiary/aromatic N) is 1. The molecular weight excluding hydrogens is 289 g/mol. The Morgan fingerprint density at radius 1 is 1.35 bits per heavy atom. The Morgan fingerprint density at radius 3 is 2.65 bits per heavy atom. The first-order valence-corrected chi connectivity index (χ1v) is 6.62. The molecule has 2 aromatic rings. The summed E-state index contributed by atoms with van der Waals surface area (Å²) >= 11 is 0.642. The van der Waals surface area contributed by atoms with Crippen LogP contribution in [0.4, 0.5) is 13.2 Å². The van der Waals surface area contributed by atoms with Crippen molar-refractivity contribution in [2.75, 3.05) is 14.2 Å². The predicted octanol–water partition coefficient (Wildman–Crippen LogP) is 3.56. The maximum atomic E-state index is 12.6. The van der Waals surface area contributed by atoms with Crippen molar-refractivity contribution < 1.29 is 17.9 Å². The molecule has 0 saturated carbocycles. The van der Waals surface area contributed by atoms with Gasteiger partial charge in [0.15, 0.2) is 5.01 Å². The van der Waals surface area contributed by atoms with Crippen LogP contribution in [0.2, 0.25) is 0 Å². The molecule has 0 fully saturated rings. The van der Waals surface area contributed by atoms with E-state index in [-0.39, 0.29) is 0 Å². The van der Waals surface area contributed by atoms with Crippen molar-refractivity contribution in [1.82, 2.24) is 10.3 Å². The standard InChI is InChI=1S/C13H13F3N2OS/c1-17-6-8-5-9(19-2)3-4-10(8)11-7-18-12(20-11)13(14,15)16/h3-5,7,17H,6H2,1-2H3. The molecule has 0 unspecified atom stereocenters.